The van der Waals surface area contributed by atoms with E-state index in [0.29, 0.717) is 25.3 Å². The summed E-state index contributed by atoms with van der Waals surface area (Å²) in [6.45, 7) is 1.01. The van der Waals surface area contributed by atoms with E-state index in [-0.39, 0.29) is 18.6 Å². The number of amides is 1. The fourth-order valence-corrected chi connectivity index (χ4v) is 2.18. The van der Waals surface area contributed by atoms with Crippen LogP contribution in [0.5, 0.6) is 0 Å². The summed E-state index contributed by atoms with van der Waals surface area (Å²) in [4.78, 5) is 14.0. The van der Waals surface area contributed by atoms with E-state index in [2.05, 4.69) is 0 Å². The number of rotatable bonds is 3. The normalized spacial score (nSPS) is 20.6. The zero-order chi connectivity index (χ0) is 13.7. The van der Waals surface area contributed by atoms with Gasteiger partial charge in [-0.1, -0.05) is 30.3 Å². The fourth-order valence-electron chi connectivity index (χ4n) is 2.18. The van der Waals surface area contributed by atoms with E-state index in [1.54, 1.807) is 29.2 Å². The Labute approximate surface area is 112 Å². The number of nitrogens with zero attached hydrogens (tertiary/aromatic N) is 2. The quantitative estimate of drug-likeness (QED) is 0.859. The highest BCUT2D eigenvalue weighted by Crippen LogP contribution is 2.20. The van der Waals surface area contributed by atoms with Gasteiger partial charge in [0.2, 0.25) is 5.91 Å². The second kappa shape index (κ2) is 6.32. The summed E-state index contributed by atoms with van der Waals surface area (Å²) >= 11 is 0. The van der Waals surface area contributed by atoms with Crippen LogP contribution in [0.15, 0.2) is 30.3 Å². The van der Waals surface area contributed by atoms with E-state index in [4.69, 9.17) is 4.74 Å². The van der Waals surface area contributed by atoms with E-state index in [1.165, 1.54) is 0 Å². The molecule has 19 heavy (non-hydrogen) atoms. The molecule has 2 unspecified atom stereocenters. The molecule has 1 fully saturated rings. The average Bonchev–Trinajstić information content (AvgIpc) is 2.49. The van der Waals surface area contributed by atoms with Crippen LogP contribution in [-0.4, -0.2) is 48.3 Å². The predicted octanol–water partition coefficient (Wildman–Crippen LogP) is 0.513. The van der Waals surface area contributed by atoms with Crippen molar-refractivity contribution < 1.29 is 14.6 Å². The number of ether oxygens (including phenoxy) is 1. The van der Waals surface area contributed by atoms with E-state index in [1.807, 2.05) is 12.1 Å². The Morgan fingerprint density at radius 3 is 2.89 bits per heavy atom. The molecule has 1 aliphatic heterocycles. The van der Waals surface area contributed by atoms with Crippen molar-refractivity contribution >= 4 is 5.91 Å². The van der Waals surface area contributed by atoms with Gasteiger partial charge in [-0.2, -0.15) is 5.26 Å². The molecule has 1 heterocycles. The Morgan fingerprint density at radius 1 is 1.53 bits per heavy atom. The van der Waals surface area contributed by atoms with Crippen LogP contribution >= 0.6 is 0 Å². The van der Waals surface area contributed by atoms with Crippen molar-refractivity contribution in [1.29, 1.82) is 5.26 Å². The predicted molar refractivity (Wildman–Crippen MR) is 68.2 cm³/mol. The van der Waals surface area contributed by atoms with Gasteiger partial charge >= 0.3 is 0 Å². The molecular formula is C14H16N2O3. The summed E-state index contributed by atoms with van der Waals surface area (Å²) in [6.07, 6.45) is 0. The van der Waals surface area contributed by atoms with Gasteiger partial charge in [0.1, 0.15) is 5.92 Å². The highest BCUT2D eigenvalue weighted by molar-refractivity contribution is 5.86. The third-order valence-electron chi connectivity index (χ3n) is 3.23. The molecule has 5 nitrogen and oxygen atoms in total. The van der Waals surface area contributed by atoms with Crippen LogP contribution in [0.1, 0.15) is 11.5 Å². The fraction of sp³-hybridized carbons (Fsp3) is 0.429. The number of hydrogen-bond acceptors (Lipinski definition) is 4. The van der Waals surface area contributed by atoms with Crippen molar-refractivity contribution in [2.75, 3.05) is 26.4 Å². The zero-order valence-corrected chi connectivity index (χ0v) is 10.5. The zero-order valence-electron chi connectivity index (χ0n) is 10.5. The lowest BCUT2D eigenvalue weighted by molar-refractivity contribution is -0.141. The van der Waals surface area contributed by atoms with E-state index in [9.17, 15) is 15.2 Å². The maximum absolute atomic E-state index is 12.4. The van der Waals surface area contributed by atoms with Gasteiger partial charge in [-0.25, -0.2) is 0 Å². The summed E-state index contributed by atoms with van der Waals surface area (Å²) in [7, 11) is 0. The van der Waals surface area contributed by atoms with Crippen LogP contribution in [0, 0.1) is 11.3 Å². The van der Waals surface area contributed by atoms with Gasteiger partial charge in [-0.15, -0.1) is 0 Å². The third kappa shape index (κ3) is 2.92. The largest absolute Gasteiger partial charge is 0.394 e. The third-order valence-corrected chi connectivity index (χ3v) is 3.23. The minimum atomic E-state index is -0.826. The topological polar surface area (TPSA) is 73.6 Å². The molecule has 100 valence electrons. The first-order valence-electron chi connectivity index (χ1n) is 6.21. The first-order chi connectivity index (χ1) is 9.27. The summed E-state index contributed by atoms with van der Waals surface area (Å²) < 4.78 is 5.24. The highest BCUT2D eigenvalue weighted by atomic mass is 16.5. The molecular weight excluding hydrogens is 244 g/mol. The number of aliphatic hydroxyl groups is 1. The van der Waals surface area contributed by atoms with Gasteiger partial charge in [0.15, 0.2) is 0 Å². The maximum atomic E-state index is 12.4. The lowest BCUT2D eigenvalue weighted by Gasteiger charge is -2.35. The van der Waals surface area contributed by atoms with E-state index in [0.717, 1.165) is 0 Å². The van der Waals surface area contributed by atoms with Crippen molar-refractivity contribution in [3.63, 3.8) is 0 Å². The number of morpholine rings is 1. The molecule has 5 heteroatoms. The second-order valence-electron chi connectivity index (χ2n) is 4.42. The van der Waals surface area contributed by atoms with E-state index >= 15 is 0 Å². The Bertz CT molecular complexity index is 469. The van der Waals surface area contributed by atoms with Crippen LogP contribution < -0.4 is 0 Å². The van der Waals surface area contributed by atoms with Crippen LogP contribution in [-0.2, 0) is 9.53 Å². The lowest BCUT2D eigenvalue weighted by Crippen LogP contribution is -2.51. The molecule has 1 N–H and O–H groups in total. The Morgan fingerprint density at radius 2 is 2.26 bits per heavy atom. The molecule has 0 bridgehead atoms. The smallest absolute Gasteiger partial charge is 0.244 e. The molecule has 2 atom stereocenters. The molecule has 0 spiro atoms. The summed E-state index contributed by atoms with van der Waals surface area (Å²) in [5.41, 5.74) is 0.679. The first kappa shape index (κ1) is 13.5. The standard InChI is InChI=1S/C14H16N2O3/c15-8-13(11-4-2-1-3-5-11)14(18)16-6-7-19-10-12(16)9-17/h1-5,12-13,17H,6-7,9-10H2. The number of benzene rings is 1. The van der Waals surface area contributed by atoms with Gasteiger partial charge in [-0.3, -0.25) is 4.79 Å². The van der Waals surface area contributed by atoms with Gasteiger partial charge in [0.05, 0.1) is 31.9 Å². The molecule has 1 saturated heterocycles. The van der Waals surface area contributed by atoms with Crippen molar-refractivity contribution in [3.05, 3.63) is 35.9 Å². The van der Waals surface area contributed by atoms with Crippen molar-refractivity contribution in [2.24, 2.45) is 0 Å². The molecule has 1 amide bonds. The van der Waals surface area contributed by atoms with Crippen molar-refractivity contribution in [1.82, 2.24) is 4.90 Å². The first-order valence-corrected chi connectivity index (χ1v) is 6.21. The maximum Gasteiger partial charge on any atom is 0.244 e. The SMILES string of the molecule is N#CC(C(=O)N1CCOCC1CO)c1ccccc1. The minimum Gasteiger partial charge on any atom is -0.394 e. The number of hydrogen-bond donors (Lipinski definition) is 1. The van der Waals surface area contributed by atoms with Crippen LogP contribution in [0.4, 0.5) is 0 Å². The Balaban J connectivity index is 2.19. The number of carbonyl (C=O) groups is 1. The lowest BCUT2D eigenvalue weighted by atomic mass is 9.98. The number of carbonyl (C=O) groups excluding carboxylic acids is 1. The molecule has 0 radical (unpaired) electrons. The van der Waals surface area contributed by atoms with Gasteiger partial charge < -0.3 is 14.7 Å². The molecule has 1 aliphatic rings. The highest BCUT2D eigenvalue weighted by Gasteiger charge is 2.32. The number of nitriles is 1. The van der Waals surface area contributed by atoms with Crippen LogP contribution in [0.3, 0.4) is 0 Å². The molecule has 0 aromatic heterocycles. The monoisotopic (exact) mass is 260 g/mol. The van der Waals surface area contributed by atoms with Gasteiger partial charge in [-0.05, 0) is 5.56 Å². The molecule has 1 aromatic carbocycles. The molecule has 1 aromatic rings. The van der Waals surface area contributed by atoms with Crippen molar-refractivity contribution in [3.8, 4) is 6.07 Å². The molecule has 2 rings (SSSR count). The molecule has 0 aliphatic carbocycles. The van der Waals surface area contributed by atoms with Crippen LogP contribution in [0.25, 0.3) is 0 Å². The summed E-state index contributed by atoms with van der Waals surface area (Å²) in [5, 5.41) is 18.5. The Kier molecular flexibility index (Phi) is 4.50. The Hall–Kier alpha value is -1.90. The van der Waals surface area contributed by atoms with Gasteiger partial charge in [0.25, 0.3) is 0 Å². The summed E-state index contributed by atoms with van der Waals surface area (Å²) in [5.74, 6) is -1.09. The second-order valence-corrected chi connectivity index (χ2v) is 4.42. The van der Waals surface area contributed by atoms with Gasteiger partial charge in [0, 0.05) is 6.54 Å². The average molecular weight is 260 g/mol. The minimum absolute atomic E-state index is 0.154. The summed E-state index contributed by atoms with van der Waals surface area (Å²) in [6, 6.07) is 10.7. The van der Waals surface area contributed by atoms with Crippen LogP contribution in [0.2, 0.25) is 0 Å². The van der Waals surface area contributed by atoms with Crippen molar-refractivity contribution in [2.45, 2.75) is 12.0 Å². The molecule has 0 saturated carbocycles. The van der Waals surface area contributed by atoms with E-state index < -0.39 is 5.92 Å². The number of aliphatic hydroxyl groups excluding tert-OH is 1.